The fourth-order valence-corrected chi connectivity index (χ4v) is 6.27. The number of benzene rings is 4. The van der Waals surface area contributed by atoms with Crippen LogP contribution in [-0.4, -0.2) is 32.9 Å². The van der Waals surface area contributed by atoms with Crippen LogP contribution in [0.25, 0.3) is 55.5 Å². The third-order valence-corrected chi connectivity index (χ3v) is 8.10. The Morgan fingerprint density at radius 1 is 0.450 bits per heavy atom. The molecule has 0 N–H and O–H groups in total. The molecular weight excluding hydrogens is 494 g/mol. The molecule has 0 saturated carbocycles. The molecule has 0 atom stereocenters. The number of carbonyl (C=O) groups is 2. The number of imide groups is 1. The highest BCUT2D eigenvalue weighted by Gasteiger charge is 2.42. The molecule has 1 aliphatic rings. The number of fused-ring (bicyclic) bond motifs is 2. The highest BCUT2D eigenvalue weighted by molar-refractivity contribution is 6.51. The molecule has 1 aliphatic heterocycles. The normalized spacial score (nSPS) is 13.8. The van der Waals surface area contributed by atoms with Crippen molar-refractivity contribution in [3.8, 4) is 22.5 Å². The van der Waals surface area contributed by atoms with E-state index in [2.05, 4.69) is 45.5 Å². The first-order valence-corrected chi connectivity index (χ1v) is 13.3. The van der Waals surface area contributed by atoms with Crippen LogP contribution in [-0.2, 0) is 23.7 Å². The van der Waals surface area contributed by atoms with E-state index in [1.807, 2.05) is 86.9 Å². The van der Waals surface area contributed by atoms with Crippen LogP contribution in [0.4, 0.5) is 0 Å². The van der Waals surface area contributed by atoms with Gasteiger partial charge in [0.2, 0.25) is 0 Å². The summed E-state index contributed by atoms with van der Waals surface area (Å²) in [6.07, 6.45) is 0. The van der Waals surface area contributed by atoms with Crippen LogP contribution in [0.5, 0.6) is 0 Å². The van der Waals surface area contributed by atoms with Crippen LogP contribution in [0.2, 0.25) is 0 Å². The lowest BCUT2D eigenvalue weighted by Gasteiger charge is -2.12. The first-order chi connectivity index (χ1) is 19.5. The van der Waals surface area contributed by atoms with Crippen molar-refractivity contribution in [3.63, 3.8) is 0 Å². The lowest BCUT2D eigenvalue weighted by molar-refractivity contribution is -0.134. The molecule has 7 rings (SSSR count). The molecule has 5 heteroatoms. The second kappa shape index (κ2) is 8.95. The number of para-hydroxylation sites is 2. The summed E-state index contributed by atoms with van der Waals surface area (Å²) in [5.74, 6) is -0.582. The maximum Gasteiger partial charge on any atom is 0.262 e. The Kier molecular flexibility index (Phi) is 5.35. The van der Waals surface area contributed by atoms with Gasteiger partial charge >= 0.3 is 0 Å². The van der Waals surface area contributed by atoms with Gasteiger partial charge in [-0.2, -0.15) is 0 Å². The molecule has 3 heterocycles. The number of rotatable bonds is 4. The first-order valence-electron chi connectivity index (χ1n) is 13.3. The average Bonchev–Trinajstić information content (AvgIpc) is 3.54. The minimum Gasteiger partial charge on any atom is -0.343 e. The molecule has 6 aromatic rings. The number of likely N-dealkylation sites (N-methyl/N-ethyl adjacent to an activating group) is 1. The van der Waals surface area contributed by atoms with Gasteiger partial charge in [0.25, 0.3) is 11.8 Å². The van der Waals surface area contributed by atoms with Crippen LogP contribution in [0, 0.1) is 0 Å². The van der Waals surface area contributed by atoms with Gasteiger partial charge in [0.1, 0.15) is 0 Å². The number of nitrogens with zero attached hydrogens (tertiary/aromatic N) is 3. The lowest BCUT2D eigenvalue weighted by Crippen LogP contribution is -2.26. The molecule has 40 heavy (non-hydrogen) atoms. The standard InChI is InChI=1S/C35H27N3O2/c1-36-26-20-12-10-18-24(26)28(32(36)22-14-6-4-7-15-22)30-31(35(40)38(3)34(30)39)29-25-19-11-13-21-27(25)37(2)33(29)23-16-8-5-9-17-23/h4-21H,1-3H3. The summed E-state index contributed by atoms with van der Waals surface area (Å²) >= 11 is 0. The van der Waals surface area contributed by atoms with Crippen LogP contribution in [0.1, 0.15) is 11.1 Å². The minimum absolute atomic E-state index is 0.291. The molecule has 2 aromatic heterocycles. The summed E-state index contributed by atoms with van der Waals surface area (Å²) < 4.78 is 4.25. The average molecular weight is 522 g/mol. The van der Waals surface area contributed by atoms with Crippen LogP contribution in [0.3, 0.4) is 0 Å². The molecule has 194 valence electrons. The van der Waals surface area contributed by atoms with Crippen molar-refractivity contribution in [2.75, 3.05) is 7.05 Å². The molecule has 0 aliphatic carbocycles. The summed E-state index contributed by atoms with van der Waals surface area (Å²) in [6, 6.07) is 36.3. The Morgan fingerprint density at radius 3 is 1.20 bits per heavy atom. The third-order valence-electron chi connectivity index (χ3n) is 8.10. The van der Waals surface area contributed by atoms with Gasteiger partial charge in [0.05, 0.1) is 22.5 Å². The minimum atomic E-state index is -0.291. The molecule has 5 nitrogen and oxygen atoms in total. The van der Waals surface area contributed by atoms with Crippen LogP contribution >= 0.6 is 0 Å². The summed E-state index contributed by atoms with van der Waals surface area (Å²) in [5.41, 5.74) is 8.24. The molecule has 0 fully saturated rings. The Balaban J connectivity index is 1.68. The molecule has 4 aromatic carbocycles. The van der Waals surface area contributed by atoms with E-state index in [0.29, 0.717) is 11.1 Å². The van der Waals surface area contributed by atoms with E-state index in [-0.39, 0.29) is 11.8 Å². The summed E-state index contributed by atoms with van der Waals surface area (Å²) in [7, 11) is 5.62. The Bertz CT molecular complexity index is 1860. The van der Waals surface area contributed by atoms with Crippen molar-refractivity contribution >= 4 is 44.8 Å². The van der Waals surface area contributed by atoms with E-state index >= 15 is 0 Å². The smallest absolute Gasteiger partial charge is 0.262 e. The summed E-state index contributed by atoms with van der Waals surface area (Å²) in [4.78, 5) is 29.6. The molecule has 2 amide bonds. The highest BCUT2D eigenvalue weighted by atomic mass is 16.2. The van der Waals surface area contributed by atoms with Crippen molar-refractivity contribution in [3.05, 3.63) is 120 Å². The molecule has 0 unspecified atom stereocenters. The van der Waals surface area contributed by atoms with E-state index in [0.717, 1.165) is 55.4 Å². The molecule has 0 saturated heterocycles. The number of amides is 2. The number of hydrogen-bond acceptors (Lipinski definition) is 2. The predicted molar refractivity (Wildman–Crippen MR) is 161 cm³/mol. The predicted octanol–water partition coefficient (Wildman–Crippen LogP) is 6.91. The van der Waals surface area contributed by atoms with Gasteiger partial charge in [0.15, 0.2) is 0 Å². The Hall–Kier alpha value is -5.16. The monoisotopic (exact) mass is 521 g/mol. The third kappa shape index (κ3) is 3.27. The largest absolute Gasteiger partial charge is 0.343 e. The number of aryl methyl sites for hydroxylation is 2. The second-order valence-electron chi connectivity index (χ2n) is 10.3. The van der Waals surface area contributed by atoms with Gasteiger partial charge in [-0.1, -0.05) is 97.1 Å². The van der Waals surface area contributed by atoms with Crippen molar-refractivity contribution < 1.29 is 9.59 Å². The molecular formula is C35H27N3O2. The van der Waals surface area contributed by atoms with Gasteiger partial charge in [-0.05, 0) is 23.3 Å². The highest BCUT2D eigenvalue weighted by Crippen LogP contribution is 2.48. The zero-order chi connectivity index (χ0) is 27.5. The Labute approximate surface area is 232 Å². The van der Waals surface area contributed by atoms with Gasteiger partial charge in [-0.3, -0.25) is 14.5 Å². The van der Waals surface area contributed by atoms with E-state index in [1.165, 1.54) is 4.90 Å². The van der Waals surface area contributed by atoms with Gasteiger partial charge in [-0.15, -0.1) is 0 Å². The number of carbonyl (C=O) groups excluding carboxylic acids is 2. The van der Waals surface area contributed by atoms with E-state index < -0.39 is 0 Å². The quantitative estimate of drug-likeness (QED) is 0.237. The number of hydrogen-bond donors (Lipinski definition) is 0. The van der Waals surface area contributed by atoms with Crippen molar-refractivity contribution in [2.45, 2.75) is 0 Å². The SMILES string of the molecule is CN1C(=O)C(c2c(-c3ccccc3)n(C)c3ccccc23)=C(c2c(-c3ccccc3)n(C)c3ccccc23)C1=O. The van der Waals surface area contributed by atoms with Gasteiger partial charge in [-0.25, -0.2) is 0 Å². The van der Waals surface area contributed by atoms with E-state index in [4.69, 9.17) is 0 Å². The number of aromatic nitrogens is 2. The molecule has 0 bridgehead atoms. The van der Waals surface area contributed by atoms with E-state index in [9.17, 15) is 9.59 Å². The first kappa shape index (κ1) is 23.9. The fourth-order valence-electron chi connectivity index (χ4n) is 6.27. The summed E-state index contributed by atoms with van der Waals surface area (Å²) in [6.45, 7) is 0. The van der Waals surface area contributed by atoms with Crippen LogP contribution in [0.15, 0.2) is 109 Å². The molecule has 0 spiro atoms. The van der Waals surface area contributed by atoms with Crippen molar-refractivity contribution in [2.24, 2.45) is 14.1 Å². The molecule has 0 radical (unpaired) electrons. The van der Waals surface area contributed by atoms with Crippen molar-refractivity contribution in [1.82, 2.24) is 14.0 Å². The van der Waals surface area contributed by atoms with Crippen molar-refractivity contribution in [1.29, 1.82) is 0 Å². The van der Waals surface area contributed by atoms with Crippen LogP contribution < -0.4 is 0 Å². The lowest BCUT2D eigenvalue weighted by atomic mass is 9.90. The fraction of sp³-hybridized carbons (Fsp3) is 0.0857. The summed E-state index contributed by atoms with van der Waals surface area (Å²) in [5, 5.41) is 1.88. The zero-order valence-corrected chi connectivity index (χ0v) is 22.6. The Morgan fingerprint density at radius 2 is 0.800 bits per heavy atom. The zero-order valence-electron chi connectivity index (χ0n) is 22.6. The van der Waals surface area contributed by atoms with Gasteiger partial charge in [0, 0.05) is 54.1 Å². The topological polar surface area (TPSA) is 47.2 Å². The van der Waals surface area contributed by atoms with E-state index in [1.54, 1.807) is 7.05 Å². The maximum absolute atomic E-state index is 14.2. The maximum atomic E-state index is 14.2. The second-order valence-corrected chi connectivity index (χ2v) is 10.3. The van der Waals surface area contributed by atoms with Gasteiger partial charge < -0.3 is 9.13 Å².